The lowest BCUT2D eigenvalue weighted by Gasteiger charge is -1.97. The number of hydrogen-bond donors (Lipinski definition) is 1. The molecule has 0 radical (unpaired) electrons. The fourth-order valence-electron chi connectivity index (χ4n) is 1.01. The third-order valence-corrected chi connectivity index (χ3v) is 1.55. The second kappa shape index (κ2) is 4.45. The van der Waals surface area contributed by atoms with E-state index in [-0.39, 0.29) is 12.4 Å². The summed E-state index contributed by atoms with van der Waals surface area (Å²) in [6.07, 6.45) is 2.54. The minimum atomic E-state index is -0.279. The zero-order chi connectivity index (χ0) is 9.68. The second-order valence-electron chi connectivity index (χ2n) is 2.56. The topological polar surface area (TPSA) is 59.2 Å². The molecular weight excluding hydrogens is 170 g/mol. The molecule has 0 unspecified atom stereocenters. The highest BCUT2D eigenvalue weighted by molar-refractivity contribution is 5.75. The molecule has 4 heteroatoms. The van der Waals surface area contributed by atoms with Gasteiger partial charge < -0.3 is 9.72 Å². The Labute approximate surface area is 75.9 Å². The monoisotopic (exact) mass is 181 g/mol. The molecule has 0 amide bonds. The number of aromatic nitrogens is 1. The van der Waals surface area contributed by atoms with E-state index < -0.39 is 0 Å². The maximum atomic E-state index is 11.0. The molecule has 0 bridgehead atoms. The maximum Gasteiger partial charge on any atom is 0.310 e. The third kappa shape index (κ3) is 2.74. The van der Waals surface area contributed by atoms with E-state index in [1.54, 1.807) is 19.2 Å². The van der Waals surface area contributed by atoms with Crippen LogP contribution >= 0.6 is 0 Å². The smallest absolute Gasteiger partial charge is 0.310 e. The van der Waals surface area contributed by atoms with Gasteiger partial charge in [-0.1, -0.05) is 0 Å². The van der Waals surface area contributed by atoms with Crippen molar-refractivity contribution in [3.63, 3.8) is 0 Å². The van der Waals surface area contributed by atoms with E-state index in [4.69, 9.17) is 4.74 Å². The summed E-state index contributed by atoms with van der Waals surface area (Å²) in [5.74, 6) is -0.279. The predicted molar refractivity (Wildman–Crippen MR) is 46.5 cm³/mol. The minimum Gasteiger partial charge on any atom is -0.466 e. The Hall–Kier alpha value is -1.58. The van der Waals surface area contributed by atoms with Gasteiger partial charge in [-0.15, -0.1) is 0 Å². The number of aldehydes is 1. The lowest BCUT2D eigenvalue weighted by atomic mass is 10.2. The molecule has 0 aromatic carbocycles. The lowest BCUT2D eigenvalue weighted by Crippen LogP contribution is -2.06. The first-order chi connectivity index (χ1) is 6.26. The molecule has 0 aliphatic carbocycles. The van der Waals surface area contributed by atoms with Gasteiger partial charge in [0.05, 0.1) is 18.7 Å². The fourth-order valence-corrected chi connectivity index (χ4v) is 1.01. The largest absolute Gasteiger partial charge is 0.466 e. The van der Waals surface area contributed by atoms with Crippen LogP contribution in [0.25, 0.3) is 0 Å². The van der Waals surface area contributed by atoms with Gasteiger partial charge >= 0.3 is 5.97 Å². The summed E-state index contributed by atoms with van der Waals surface area (Å²) < 4.78 is 4.75. The van der Waals surface area contributed by atoms with Crippen LogP contribution in [0.3, 0.4) is 0 Å². The normalized spacial score (nSPS) is 9.62. The van der Waals surface area contributed by atoms with Crippen molar-refractivity contribution in [3.8, 4) is 0 Å². The predicted octanol–water partition coefficient (Wildman–Crippen LogP) is 0.933. The van der Waals surface area contributed by atoms with Crippen LogP contribution in [0.2, 0.25) is 0 Å². The van der Waals surface area contributed by atoms with Gasteiger partial charge in [0.1, 0.15) is 0 Å². The molecule has 0 saturated carbocycles. The highest BCUT2D eigenvalue weighted by atomic mass is 16.5. The van der Waals surface area contributed by atoms with Crippen LogP contribution in [0.15, 0.2) is 12.3 Å². The van der Waals surface area contributed by atoms with Gasteiger partial charge in [-0.05, 0) is 18.6 Å². The average molecular weight is 181 g/mol. The number of hydrogen-bond acceptors (Lipinski definition) is 3. The summed E-state index contributed by atoms with van der Waals surface area (Å²) in [6.45, 7) is 2.13. The molecule has 0 atom stereocenters. The summed E-state index contributed by atoms with van der Waals surface area (Å²) in [6, 6.07) is 1.63. The molecule has 1 aromatic rings. The molecule has 1 rings (SSSR count). The molecule has 1 N–H and O–H groups in total. The fraction of sp³-hybridized carbons (Fsp3) is 0.333. The summed E-state index contributed by atoms with van der Waals surface area (Å²) in [4.78, 5) is 24.0. The summed E-state index contributed by atoms with van der Waals surface area (Å²) in [5.41, 5.74) is 1.24. The van der Waals surface area contributed by atoms with Crippen LogP contribution in [0, 0.1) is 0 Å². The van der Waals surface area contributed by atoms with E-state index in [1.165, 1.54) is 0 Å². The van der Waals surface area contributed by atoms with Gasteiger partial charge in [0.2, 0.25) is 0 Å². The van der Waals surface area contributed by atoms with E-state index in [2.05, 4.69) is 4.98 Å². The zero-order valence-corrected chi connectivity index (χ0v) is 7.37. The number of ether oxygens (including phenoxy) is 1. The quantitative estimate of drug-likeness (QED) is 0.555. The van der Waals surface area contributed by atoms with Crippen LogP contribution in [0.5, 0.6) is 0 Å². The first-order valence-electron chi connectivity index (χ1n) is 4.04. The van der Waals surface area contributed by atoms with Crippen molar-refractivity contribution in [2.75, 3.05) is 6.61 Å². The highest BCUT2D eigenvalue weighted by Crippen LogP contribution is 2.03. The summed E-state index contributed by atoms with van der Waals surface area (Å²) >= 11 is 0. The molecule has 0 saturated heterocycles. The molecule has 0 spiro atoms. The Morgan fingerprint density at radius 1 is 1.69 bits per heavy atom. The number of H-pyrrole nitrogens is 1. The third-order valence-electron chi connectivity index (χ3n) is 1.55. The Morgan fingerprint density at radius 2 is 2.46 bits per heavy atom. The van der Waals surface area contributed by atoms with E-state index >= 15 is 0 Å². The second-order valence-corrected chi connectivity index (χ2v) is 2.56. The first-order valence-corrected chi connectivity index (χ1v) is 4.04. The molecule has 1 heterocycles. The maximum absolute atomic E-state index is 11.0. The number of rotatable bonds is 4. The van der Waals surface area contributed by atoms with Crippen molar-refractivity contribution in [2.24, 2.45) is 0 Å². The standard InChI is InChI=1S/C9H11NO3/c1-2-13-9(12)4-7-3-8(6-11)10-5-7/h3,5-6,10H,2,4H2,1H3. The zero-order valence-electron chi connectivity index (χ0n) is 7.37. The summed E-state index contributed by atoms with van der Waals surface area (Å²) in [7, 11) is 0. The minimum absolute atomic E-state index is 0.207. The van der Waals surface area contributed by atoms with Gasteiger partial charge in [-0.3, -0.25) is 9.59 Å². The van der Waals surface area contributed by atoms with Crippen molar-refractivity contribution in [3.05, 3.63) is 23.5 Å². The van der Waals surface area contributed by atoms with E-state index in [0.29, 0.717) is 18.6 Å². The Kier molecular flexibility index (Phi) is 3.25. The van der Waals surface area contributed by atoms with Crippen LogP contribution in [0.1, 0.15) is 23.0 Å². The number of aromatic amines is 1. The molecule has 13 heavy (non-hydrogen) atoms. The van der Waals surface area contributed by atoms with Gasteiger partial charge in [0, 0.05) is 6.20 Å². The van der Waals surface area contributed by atoms with Crippen LogP contribution in [-0.2, 0) is 16.0 Å². The van der Waals surface area contributed by atoms with Crippen LogP contribution < -0.4 is 0 Å². The van der Waals surface area contributed by atoms with Crippen molar-refractivity contribution in [1.82, 2.24) is 4.98 Å². The van der Waals surface area contributed by atoms with Crippen LogP contribution in [-0.4, -0.2) is 23.8 Å². The molecule has 0 aliphatic heterocycles. The van der Waals surface area contributed by atoms with Crippen molar-refractivity contribution < 1.29 is 14.3 Å². The number of carbonyl (C=O) groups is 2. The van der Waals surface area contributed by atoms with Crippen molar-refractivity contribution >= 4 is 12.3 Å². The molecule has 4 nitrogen and oxygen atoms in total. The molecule has 1 aromatic heterocycles. The van der Waals surface area contributed by atoms with E-state index in [0.717, 1.165) is 5.56 Å². The van der Waals surface area contributed by atoms with Gasteiger partial charge in [0.15, 0.2) is 6.29 Å². The Bertz CT molecular complexity index is 304. The van der Waals surface area contributed by atoms with E-state index in [9.17, 15) is 9.59 Å². The molecule has 0 fully saturated rings. The number of carbonyl (C=O) groups excluding carboxylic acids is 2. The van der Waals surface area contributed by atoms with Gasteiger partial charge in [-0.2, -0.15) is 0 Å². The van der Waals surface area contributed by atoms with Crippen molar-refractivity contribution in [1.29, 1.82) is 0 Å². The molecular formula is C9H11NO3. The van der Waals surface area contributed by atoms with Gasteiger partial charge in [-0.25, -0.2) is 0 Å². The van der Waals surface area contributed by atoms with Gasteiger partial charge in [0.25, 0.3) is 0 Å². The number of esters is 1. The molecule has 70 valence electrons. The van der Waals surface area contributed by atoms with Crippen molar-refractivity contribution in [2.45, 2.75) is 13.3 Å². The van der Waals surface area contributed by atoms with Crippen LogP contribution in [0.4, 0.5) is 0 Å². The summed E-state index contributed by atoms with van der Waals surface area (Å²) in [5, 5.41) is 0. The SMILES string of the molecule is CCOC(=O)Cc1c[nH]c(C=O)c1. The number of nitrogens with one attached hydrogen (secondary N) is 1. The molecule has 0 aliphatic rings. The highest BCUT2D eigenvalue weighted by Gasteiger charge is 2.05. The van der Waals surface area contributed by atoms with E-state index in [1.807, 2.05) is 0 Å². The Balaban J connectivity index is 2.53. The lowest BCUT2D eigenvalue weighted by molar-refractivity contribution is -0.142. The average Bonchev–Trinajstić information content (AvgIpc) is 2.52. The Morgan fingerprint density at radius 3 is 3.00 bits per heavy atom. The first kappa shape index (κ1) is 9.51.